The summed E-state index contributed by atoms with van der Waals surface area (Å²) in [7, 11) is -3.95. The highest BCUT2D eigenvalue weighted by atomic mass is 32.2. The summed E-state index contributed by atoms with van der Waals surface area (Å²) in [5, 5.41) is 0. The third-order valence-electron chi connectivity index (χ3n) is 4.70. The molecule has 0 atom stereocenters. The zero-order valence-electron chi connectivity index (χ0n) is 17.4. The van der Waals surface area contributed by atoms with Gasteiger partial charge in [-0.2, -0.15) is 8.78 Å². The van der Waals surface area contributed by atoms with Crippen molar-refractivity contribution in [3.05, 3.63) is 77.9 Å². The lowest BCUT2D eigenvalue weighted by molar-refractivity contribution is 0.0376. The van der Waals surface area contributed by atoms with Crippen LogP contribution in [-0.2, 0) is 27.8 Å². The Morgan fingerprint density at radius 2 is 1.94 bits per heavy atom. The van der Waals surface area contributed by atoms with E-state index in [1.807, 2.05) is 12.1 Å². The number of hydrogen-bond donors (Lipinski definition) is 1. The molecule has 7 nitrogen and oxygen atoms in total. The van der Waals surface area contributed by atoms with Crippen LogP contribution < -0.4 is 4.72 Å². The van der Waals surface area contributed by atoms with Gasteiger partial charge in [-0.25, -0.2) is 18.2 Å². The van der Waals surface area contributed by atoms with E-state index in [0.717, 1.165) is 31.0 Å². The molecule has 0 fully saturated rings. The van der Waals surface area contributed by atoms with Gasteiger partial charge in [0.1, 0.15) is 6.61 Å². The quantitative estimate of drug-likeness (QED) is 0.437. The monoisotopic (exact) mass is 463 g/mol. The lowest BCUT2D eigenvalue weighted by Gasteiger charge is -2.11. The van der Waals surface area contributed by atoms with Crippen LogP contribution in [0.2, 0.25) is 0 Å². The Morgan fingerprint density at radius 3 is 2.62 bits per heavy atom. The van der Waals surface area contributed by atoms with Gasteiger partial charge in [0, 0.05) is 18.1 Å². The van der Waals surface area contributed by atoms with Crippen LogP contribution in [0.3, 0.4) is 0 Å². The number of aryl methyl sites for hydroxylation is 1. The summed E-state index contributed by atoms with van der Waals surface area (Å²) in [4.78, 5) is 15.9. The van der Waals surface area contributed by atoms with Gasteiger partial charge >= 0.3 is 12.5 Å². The maximum atomic E-state index is 12.9. The van der Waals surface area contributed by atoms with Crippen molar-refractivity contribution in [2.45, 2.75) is 44.2 Å². The Kier molecular flexibility index (Phi) is 7.57. The van der Waals surface area contributed by atoms with Gasteiger partial charge in [-0.3, -0.25) is 9.29 Å². The van der Waals surface area contributed by atoms with Gasteiger partial charge in [0.05, 0.1) is 10.5 Å². The molecule has 32 heavy (non-hydrogen) atoms. The summed E-state index contributed by atoms with van der Waals surface area (Å²) in [6.07, 6.45) is 5.29. The fourth-order valence-electron chi connectivity index (χ4n) is 2.97. The molecule has 0 radical (unpaired) electrons. The number of hydrogen-bond acceptors (Lipinski definition) is 5. The fourth-order valence-corrected chi connectivity index (χ4v) is 4.08. The molecule has 0 aliphatic rings. The molecule has 0 unspecified atom stereocenters. The van der Waals surface area contributed by atoms with Crippen molar-refractivity contribution in [2.24, 2.45) is 0 Å². The fraction of sp³-hybridized carbons (Fsp3) is 0.273. The molecule has 0 saturated heterocycles. The largest absolute Gasteiger partial charge is 0.454 e. The van der Waals surface area contributed by atoms with Gasteiger partial charge in [0.15, 0.2) is 5.82 Å². The first-order chi connectivity index (χ1) is 15.3. The number of sulfonamides is 1. The third kappa shape index (κ3) is 5.91. The lowest BCUT2D eigenvalue weighted by atomic mass is 10.1. The minimum absolute atomic E-state index is 0.0297. The molecule has 0 aliphatic carbocycles. The van der Waals surface area contributed by atoms with Crippen LogP contribution in [0.15, 0.2) is 65.8 Å². The molecule has 3 aromatic rings. The Balaban J connectivity index is 1.68. The number of nitrogens with zero attached hydrogens (tertiary/aromatic N) is 2. The topological polar surface area (TPSA) is 90.3 Å². The number of alkyl halides is 2. The number of esters is 1. The average Bonchev–Trinajstić information content (AvgIpc) is 3.26. The predicted molar refractivity (Wildman–Crippen MR) is 115 cm³/mol. The number of carbonyl (C=O) groups is 1. The molecule has 0 amide bonds. The number of anilines is 1. The van der Waals surface area contributed by atoms with Crippen molar-refractivity contribution in [1.82, 2.24) is 9.55 Å². The molecule has 10 heteroatoms. The molecule has 1 aromatic heterocycles. The summed E-state index contributed by atoms with van der Waals surface area (Å²) in [6, 6.07) is 12.4. The highest BCUT2D eigenvalue weighted by molar-refractivity contribution is 7.92. The molecule has 0 aliphatic heterocycles. The number of imidazole rings is 1. The Bertz CT molecular complexity index is 1160. The van der Waals surface area contributed by atoms with E-state index in [1.165, 1.54) is 30.5 Å². The number of aromatic nitrogens is 2. The molecule has 1 heterocycles. The van der Waals surface area contributed by atoms with E-state index in [4.69, 9.17) is 4.74 Å². The van der Waals surface area contributed by atoms with Crippen LogP contribution in [-0.4, -0.2) is 23.9 Å². The van der Waals surface area contributed by atoms with Gasteiger partial charge in [0.2, 0.25) is 0 Å². The van der Waals surface area contributed by atoms with Crippen LogP contribution in [0, 0.1) is 0 Å². The molecule has 0 saturated carbocycles. The van der Waals surface area contributed by atoms with Crippen molar-refractivity contribution in [3.8, 4) is 0 Å². The Hall–Kier alpha value is -3.27. The second kappa shape index (κ2) is 10.4. The Labute approximate surface area is 185 Å². The van der Waals surface area contributed by atoms with E-state index in [-0.39, 0.29) is 16.3 Å². The van der Waals surface area contributed by atoms with E-state index >= 15 is 0 Å². The molecule has 170 valence electrons. The minimum atomic E-state index is -3.95. The first-order valence-corrected chi connectivity index (χ1v) is 11.5. The molecule has 0 bridgehead atoms. The first-order valence-electron chi connectivity index (χ1n) is 9.99. The van der Waals surface area contributed by atoms with Crippen LogP contribution in [0.25, 0.3) is 0 Å². The standard InChI is InChI=1S/C22H23F2N3O4S/c1-2-3-5-16-8-10-18(11-9-16)26-32(29,30)19-7-4-6-17(14-19)21(28)31-15-20-25-12-13-27(20)22(23)24/h4,6-14,22,26H,2-3,5,15H2,1H3. The predicted octanol–water partition coefficient (Wildman–Crippen LogP) is 4.78. The summed E-state index contributed by atoms with van der Waals surface area (Å²) in [6.45, 7) is -1.19. The van der Waals surface area contributed by atoms with Gasteiger partial charge in [-0.1, -0.05) is 31.5 Å². The summed E-state index contributed by atoms with van der Waals surface area (Å²) in [5.41, 5.74) is 1.49. The number of nitrogens with one attached hydrogen (secondary N) is 1. The van der Waals surface area contributed by atoms with Crippen molar-refractivity contribution >= 4 is 21.7 Å². The lowest BCUT2D eigenvalue weighted by Crippen LogP contribution is -2.14. The van der Waals surface area contributed by atoms with Crippen LogP contribution in [0.4, 0.5) is 14.5 Å². The van der Waals surface area contributed by atoms with Gasteiger partial charge < -0.3 is 4.74 Å². The molecule has 1 N–H and O–H groups in total. The molecule has 3 rings (SSSR count). The Morgan fingerprint density at radius 1 is 1.19 bits per heavy atom. The summed E-state index contributed by atoms with van der Waals surface area (Å²) in [5.74, 6) is -0.979. The van der Waals surface area contributed by atoms with E-state index in [2.05, 4.69) is 16.6 Å². The van der Waals surface area contributed by atoms with Crippen molar-refractivity contribution < 1.29 is 26.7 Å². The van der Waals surface area contributed by atoms with E-state index in [1.54, 1.807) is 12.1 Å². The average molecular weight is 464 g/mol. The number of ether oxygens (including phenoxy) is 1. The number of benzene rings is 2. The van der Waals surface area contributed by atoms with Gasteiger partial charge in [-0.05, 0) is 48.7 Å². The van der Waals surface area contributed by atoms with Crippen molar-refractivity contribution in [2.75, 3.05) is 4.72 Å². The second-order valence-corrected chi connectivity index (χ2v) is 8.72. The zero-order chi connectivity index (χ0) is 23.1. The van der Waals surface area contributed by atoms with Crippen molar-refractivity contribution in [3.63, 3.8) is 0 Å². The van der Waals surface area contributed by atoms with E-state index in [0.29, 0.717) is 10.3 Å². The normalized spacial score (nSPS) is 11.5. The SMILES string of the molecule is CCCCc1ccc(NS(=O)(=O)c2cccc(C(=O)OCc3nccn3C(F)F)c2)cc1. The highest BCUT2D eigenvalue weighted by Gasteiger charge is 2.18. The molecule has 0 spiro atoms. The minimum Gasteiger partial charge on any atom is -0.454 e. The highest BCUT2D eigenvalue weighted by Crippen LogP contribution is 2.19. The van der Waals surface area contributed by atoms with E-state index in [9.17, 15) is 22.0 Å². The zero-order valence-corrected chi connectivity index (χ0v) is 18.2. The summed E-state index contributed by atoms with van der Waals surface area (Å²) < 4.78 is 59.3. The van der Waals surface area contributed by atoms with Crippen LogP contribution in [0.5, 0.6) is 0 Å². The molecular formula is C22H23F2N3O4S. The van der Waals surface area contributed by atoms with Gasteiger partial charge in [-0.15, -0.1) is 0 Å². The maximum Gasteiger partial charge on any atom is 0.338 e. The molecular weight excluding hydrogens is 440 g/mol. The van der Waals surface area contributed by atoms with Crippen LogP contribution >= 0.6 is 0 Å². The number of halogens is 2. The summed E-state index contributed by atoms with van der Waals surface area (Å²) >= 11 is 0. The maximum absolute atomic E-state index is 12.9. The second-order valence-electron chi connectivity index (χ2n) is 7.04. The number of rotatable bonds is 10. The van der Waals surface area contributed by atoms with Crippen LogP contribution in [0.1, 0.15) is 48.1 Å². The number of unbranched alkanes of at least 4 members (excludes halogenated alkanes) is 1. The third-order valence-corrected chi connectivity index (χ3v) is 6.08. The number of carbonyl (C=O) groups excluding carboxylic acids is 1. The first kappa shape index (κ1) is 23.4. The smallest absolute Gasteiger partial charge is 0.338 e. The van der Waals surface area contributed by atoms with Gasteiger partial charge in [0.25, 0.3) is 10.0 Å². The molecule has 2 aromatic carbocycles. The van der Waals surface area contributed by atoms with Crippen molar-refractivity contribution in [1.29, 1.82) is 0 Å². The van der Waals surface area contributed by atoms with E-state index < -0.39 is 29.1 Å².